The number of rotatable bonds is 8. The van der Waals surface area contributed by atoms with Crippen molar-refractivity contribution in [3.8, 4) is 50.7 Å². The molecule has 0 unspecified atom stereocenters. The Balaban J connectivity index is 1.32. The second-order valence-corrected chi connectivity index (χ2v) is 13.8. The molecule has 0 amide bonds. The Morgan fingerprint density at radius 3 is 1.80 bits per heavy atom. The smallest absolute Gasteiger partial charge is 0.160 e. The van der Waals surface area contributed by atoms with E-state index in [1.165, 1.54) is 5.39 Å². The van der Waals surface area contributed by atoms with E-state index < -0.39 is 0 Å². The highest BCUT2D eigenvalue weighted by atomic mass is 16.3. The summed E-state index contributed by atoms with van der Waals surface area (Å²) in [5, 5.41) is 4.56. The van der Waals surface area contributed by atoms with E-state index in [0.29, 0.717) is 5.82 Å². The molecule has 56 heavy (non-hydrogen) atoms. The van der Waals surface area contributed by atoms with Crippen LogP contribution in [-0.2, 0) is 0 Å². The standard InChI is InChI=1S/C52H35N3O/c1-2-3-4-8-25-38-32-39(52-53-43(36-21-11-6-12-22-36)34-44(54-52)37-23-13-7-14-24-37)33-42(35-19-9-5-10-20-35)51(38)55-45-28-17-15-26-40(45)49-46(55)30-31-48-50(49)41-27-16-18-29-47(41)56-48/h2-34H,1H2/b4-3-,25-8+. The summed E-state index contributed by atoms with van der Waals surface area (Å²) in [6.07, 6.45) is 10.00. The van der Waals surface area contributed by atoms with Crippen molar-refractivity contribution in [1.82, 2.24) is 14.5 Å². The summed E-state index contributed by atoms with van der Waals surface area (Å²) in [6.45, 7) is 3.90. The molecule has 0 aliphatic heterocycles. The summed E-state index contributed by atoms with van der Waals surface area (Å²) in [5.41, 5.74) is 12.9. The van der Waals surface area contributed by atoms with E-state index >= 15 is 0 Å². The number of furan rings is 1. The third kappa shape index (κ3) is 5.72. The van der Waals surface area contributed by atoms with Crippen LogP contribution in [0.3, 0.4) is 0 Å². The van der Waals surface area contributed by atoms with Gasteiger partial charge in [0.1, 0.15) is 11.2 Å². The van der Waals surface area contributed by atoms with Crippen LogP contribution in [0.15, 0.2) is 205 Å². The van der Waals surface area contributed by atoms with Gasteiger partial charge in [-0.3, -0.25) is 0 Å². The van der Waals surface area contributed by atoms with E-state index in [2.05, 4.69) is 145 Å². The van der Waals surface area contributed by atoms with Crippen molar-refractivity contribution in [3.05, 3.63) is 206 Å². The number of fused-ring (bicyclic) bond motifs is 7. The molecule has 0 bridgehead atoms. The SMILES string of the molecule is C=C/C=C\C=C\c1cc(-c2nc(-c3ccccc3)cc(-c3ccccc3)n2)cc(-c2ccccc2)c1-n1c2ccccc2c2c3c(ccc21)oc1ccccc13. The molecule has 0 N–H and O–H groups in total. The first-order valence-corrected chi connectivity index (χ1v) is 18.8. The lowest BCUT2D eigenvalue weighted by molar-refractivity contribution is 0.669. The Labute approximate surface area is 324 Å². The van der Waals surface area contributed by atoms with Crippen LogP contribution in [0, 0.1) is 0 Å². The minimum atomic E-state index is 0.652. The number of para-hydroxylation sites is 2. The second-order valence-electron chi connectivity index (χ2n) is 13.8. The van der Waals surface area contributed by atoms with E-state index in [4.69, 9.17) is 14.4 Å². The number of aromatic nitrogens is 3. The van der Waals surface area contributed by atoms with Crippen LogP contribution < -0.4 is 0 Å². The fourth-order valence-corrected chi connectivity index (χ4v) is 7.91. The molecule has 4 nitrogen and oxygen atoms in total. The minimum absolute atomic E-state index is 0.652. The Morgan fingerprint density at radius 1 is 0.482 bits per heavy atom. The molecule has 0 aliphatic carbocycles. The Kier molecular flexibility index (Phi) is 8.27. The van der Waals surface area contributed by atoms with Gasteiger partial charge in [-0.25, -0.2) is 9.97 Å². The summed E-state index contributed by atoms with van der Waals surface area (Å²) >= 11 is 0. The predicted molar refractivity (Wildman–Crippen MR) is 234 cm³/mol. The Morgan fingerprint density at radius 2 is 1.11 bits per heavy atom. The molecule has 0 radical (unpaired) electrons. The third-order valence-electron chi connectivity index (χ3n) is 10.4. The van der Waals surface area contributed by atoms with Crippen molar-refractivity contribution < 1.29 is 4.42 Å². The summed E-state index contributed by atoms with van der Waals surface area (Å²) in [7, 11) is 0. The topological polar surface area (TPSA) is 43.9 Å². The maximum atomic E-state index is 6.42. The van der Waals surface area contributed by atoms with E-state index in [1.54, 1.807) is 6.08 Å². The Hall–Kier alpha value is -7.56. The largest absolute Gasteiger partial charge is 0.456 e. The second kappa shape index (κ2) is 14.0. The van der Waals surface area contributed by atoms with Crippen LogP contribution in [0.2, 0.25) is 0 Å². The first-order valence-electron chi connectivity index (χ1n) is 18.8. The predicted octanol–water partition coefficient (Wildman–Crippen LogP) is 13.9. The lowest BCUT2D eigenvalue weighted by Gasteiger charge is -2.19. The van der Waals surface area contributed by atoms with Gasteiger partial charge in [-0.15, -0.1) is 0 Å². The average molecular weight is 718 g/mol. The number of benzene rings is 7. The van der Waals surface area contributed by atoms with Gasteiger partial charge in [-0.05, 0) is 53.6 Å². The van der Waals surface area contributed by atoms with Crippen molar-refractivity contribution in [1.29, 1.82) is 0 Å². The quantitative estimate of drug-likeness (QED) is 0.147. The van der Waals surface area contributed by atoms with E-state index in [1.807, 2.05) is 60.7 Å². The van der Waals surface area contributed by atoms with Crippen molar-refractivity contribution in [2.75, 3.05) is 0 Å². The van der Waals surface area contributed by atoms with Gasteiger partial charge in [0.05, 0.1) is 28.1 Å². The monoisotopic (exact) mass is 717 g/mol. The highest BCUT2D eigenvalue weighted by Gasteiger charge is 2.23. The molecule has 0 fully saturated rings. The van der Waals surface area contributed by atoms with Crippen molar-refractivity contribution in [3.63, 3.8) is 0 Å². The molecule has 10 rings (SSSR count). The van der Waals surface area contributed by atoms with Crippen molar-refractivity contribution in [2.45, 2.75) is 0 Å². The van der Waals surface area contributed by atoms with Gasteiger partial charge in [-0.2, -0.15) is 0 Å². The summed E-state index contributed by atoms with van der Waals surface area (Å²) < 4.78 is 8.84. The molecule has 0 atom stereocenters. The highest BCUT2D eigenvalue weighted by molar-refractivity contribution is 6.27. The summed E-state index contributed by atoms with van der Waals surface area (Å²) in [5.74, 6) is 0.652. The van der Waals surface area contributed by atoms with Crippen LogP contribution in [0.4, 0.5) is 0 Å². The first-order chi connectivity index (χ1) is 27.7. The van der Waals surface area contributed by atoms with Crippen LogP contribution in [-0.4, -0.2) is 14.5 Å². The van der Waals surface area contributed by atoms with Crippen LogP contribution in [0.5, 0.6) is 0 Å². The van der Waals surface area contributed by atoms with Gasteiger partial charge in [0.25, 0.3) is 0 Å². The Bertz CT molecular complexity index is 3080. The van der Waals surface area contributed by atoms with Crippen molar-refractivity contribution >= 4 is 49.8 Å². The first kappa shape index (κ1) is 33.0. The zero-order chi connectivity index (χ0) is 37.4. The number of hydrogen-bond acceptors (Lipinski definition) is 3. The minimum Gasteiger partial charge on any atom is -0.456 e. The maximum absolute atomic E-state index is 6.42. The summed E-state index contributed by atoms with van der Waals surface area (Å²) in [6, 6.07) is 59.2. The van der Waals surface area contributed by atoms with Gasteiger partial charge < -0.3 is 8.98 Å². The molecule has 264 valence electrons. The molecule has 3 aromatic heterocycles. The van der Waals surface area contributed by atoms with Crippen molar-refractivity contribution in [2.24, 2.45) is 0 Å². The zero-order valence-electron chi connectivity index (χ0n) is 30.5. The van der Waals surface area contributed by atoms with Gasteiger partial charge in [0, 0.05) is 43.8 Å². The lowest BCUT2D eigenvalue weighted by atomic mass is 9.95. The number of nitrogens with zero attached hydrogens (tertiary/aromatic N) is 3. The molecule has 4 heteroatoms. The van der Waals surface area contributed by atoms with Crippen LogP contribution in [0.1, 0.15) is 5.56 Å². The normalized spacial score (nSPS) is 11.9. The van der Waals surface area contributed by atoms with E-state index in [9.17, 15) is 0 Å². The highest BCUT2D eigenvalue weighted by Crippen LogP contribution is 2.44. The van der Waals surface area contributed by atoms with Gasteiger partial charge in [-0.1, -0.05) is 164 Å². The molecule has 7 aromatic carbocycles. The molecule has 0 aliphatic rings. The van der Waals surface area contributed by atoms with E-state index in [-0.39, 0.29) is 0 Å². The van der Waals surface area contributed by atoms with E-state index in [0.717, 1.165) is 88.8 Å². The maximum Gasteiger partial charge on any atom is 0.160 e. The molecule has 3 heterocycles. The number of allylic oxidation sites excluding steroid dienone is 4. The lowest BCUT2D eigenvalue weighted by Crippen LogP contribution is -2.03. The molecular formula is C52H35N3O. The molecule has 10 aromatic rings. The molecule has 0 saturated carbocycles. The number of hydrogen-bond donors (Lipinski definition) is 0. The fourth-order valence-electron chi connectivity index (χ4n) is 7.91. The third-order valence-corrected chi connectivity index (χ3v) is 10.4. The van der Waals surface area contributed by atoms with Gasteiger partial charge in [0.2, 0.25) is 0 Å². The van der Waals surface area contributed by atoms with Gasteiger partial charge in [0.15, 0.2) is 5.82 Å². The molecule has 0 saturated heterocycles. The fraction of sp³-hybridized carbons (Fsp3) is 0. The molecule has 0 spiro atoms. The molecular weight excluding hydrogens is 683 g/mol. The van der Waals surface area contributed by atoms with Gasteiger partial charge >= 0.3 is 0 Å². The zero-order valence-corrected chi connectivity index (χ0v) is 30.5. The summed E-state index contributed by atoms with van der Waals surface area (Å²) in [4.78, 5) is 10.5. The van der Waals surface area contributed by atoms with Crippen LogP contribution >= 0.6 is 0 Å². The average Bonchev–Trinajstić information content (AvgIpc) is 3.81. The van der Waals surface area contributed by atoms with Crippen LogP contribution in [0.25, 0.3) is 101 Å².